The number of hydrogen-bond donors (Lipinski definition) is 1. The van der Waals surface area contributed by atoms with E-state index in [1.165, 1.54) is 0 Å². The molecule has 0 bridgehead atoms. The van der Waals surface area contributed by atoms with Crippen LogP contribution >= 0.6 is 0 Å². The van der Waals surface area contributed by atoms with Gasteiger partial charge in [-0.25, -0.2) is 18.2 Å². The normalized spacial score (nSPS) is 18.9. The molecule has 0 fully saturated rings. The number of carboxylic acids is 1. The first-order chi connectivity index (χ1) is 6.50. The molecule has 0 aliphatic carbocycles. The van der Waals surface area contributed by atoms with Crippen molar-refractivity contribution >= 4 is 20.9 Å². The molecule has 1 N–H and O–H groups in total. The first-order valence-electron chi connectivity index (χ1n) is 3.83. The highest BCUT2D eigenvalue weighted by Crippen LogP contribution is 2.17. The monoisotopic (exact) mass is 219 g/mol. The van der Waals surface area contributed by atoms with Crippen LogP contribution in [0.2, 0.25) is 0 Å². The van der Waals surface area contributed by atoms with Gasteiger partial charge in [0.05, 0.1) is 6.20 Å². The molecule has 14 heavy (non-hydrogen) atoms. The van der Waals surface area contributed by atoms with Gasteiger partial charge < -0.3 is 9.84 Å². The third-order valence-corrected chi connectivity index (χ3v) is 3.27. The summed E-state index contributed by atoms with van der Waals surface area (Å²) < 4.78 is 27.6. The number of carbonyl (C=O) groups is 1. The van der Waals surface area contributed by atoms with Crippen molar-refractivity contribution in [1.29, 1.82) is 0 Å². The standard InChI is InChI=1S/C7H9NO5S/c1-2-13-4-6-8-3-5(7(9)10)14(6,11)12/h3H,2,4H2,1H3,(H,9,10). The van der Waals surface area contributed by atoms with Gasteiger partial charge in [-0.05, 0) is 6.92 Å². The Hall–Kier alpha value is -1.21. The maximum absolute atomic E-state index is 11.4. The number of nitrogens with zero attached hydrogens (tertiary/aromatic N) is 1. The summed E-state index contributed by atoms with van der Waals surface area (Å²) in [5.74, 6) is -1.50. The van der Waals surface area contributed by atoms with E-state index in [0.717, 1.165) is 6.20 Å². The van der Waals surface area contributed by atoms with Crippen molar-refractivity contribution in [2.75, 3.05) is 13.2 Å². The maximum Gasteiger partial charge on any atom is 0.349 e. The van der Waals surface area contributed by atoms with E-state index in [9.17, 15) is 13.2 Å². The topological polar surface area (TPSA) is 93.0 Å². The number of sulfone groups is 1. The van der Waals surface area contributed by atoms with E-state index in [0.29, 0.717) is 6.61 Å². The summed E-state index contributed by atoms with van der Waals surface area (Å²) in [6, 6.07) is 0. The number of aliphatic carboxylic acids is 1. The molecule has 1 rings (SSSR count). The van der Waals surface area contributed by atoms with Crippen LogP contribution in [0.3, 0.4) is 0 Å². The Morgan fingerprint density at radius 2 is 2.29 bits per heavy atom. The molecule has 0 amide bonds. The third-order valence-electron chi connectivity index (χ3n) is 1.57. The zero-order chi connectivity index (χ0) is 10.8. The van der Waals surface area contributed by atoms with Gasteiger partial charge in [-0.15, -0.1) is 0 Å². The summed E-state index contributed by atoms with van der Waals surface area (Å²) in [6.45, 7) is 1.86. The molecule has 7 heteroatoms. The molecule has 0 aromatic carbocycles. The van der Waals surface area contributed by atoms with E-state index in [-0.39, 0.29) is 11.7 Å². The van der Waals surface area contributed by atoms with Crippen LogP contribution < -0.4 is 0 Å². The summed E-state index contributed by atoms with van der Waals surface area (Å²) >= 11 is 0. The molecule has 0 atom stereocenters. The summed E-state index contributed by atoms with van der Waals surface area (Å²) in [7, 11) is -3.91. The van der Waals surface area contributed by atoms with Crippen molar-refractivity contribution in [2.45, 2.75) is 6.92 Å². The van der Waals surface area contributed by atoms with Gasteiger partial charge >= 0.3 is 5.97 Å². The minimum atomic E-state index is -3.91. The summed E-state index contributed by atoms with van der Waals surface area (Å²) in [6.07, 6.45) is 0.825. The van der Waals surface area contributed by atoms with E-state index in [2.05, 4.69) is 4.99 Å². The van der Waals surface area contributed by atoms with Crippen molar-refractivity contribution in [3.63, 3.8) is 0 Å². The molecule has 0 aromatic heterocycles. The van der Waals surface area contributed by atoms with Crippen LogP contribution in [0.15, 0.2) is 16.1 Å². The van der Waals surface area contributed by atoms with E-state index >= 15 is 0 Å². The Morgan fingerprint density at radius 1 is 1.64 bits per heavy atom. The predicted octanol–water partition coefficient (Wildman–Crippen LogP) is -0.224. The highest BCUT2D eigenvalue weighted by atomic mass is 32.2. The predicted molar refractivity (Wildman–Crippen MR) is 48.6 cm³/mol. The van der Waals surface area contributed by atoms with Crippen molar-refractivity contribution in [1.82, 2.24) is 0 Å². The molecule has 1 aliphatic rings. The van der Waals surface area contributed by atoms with Crippen molar-refractivity contribution in [3.05, 3.63) is 11.1 Å². The molecule has 0 unspecified atom stereocenters. The van der Waals surface area contributed by atoms with Gasteiger partial charge in [0.15, 0.2) is 9.95 Å². The second-order valence-corrected chi connectivity index (χ2v) is 4.38. The largest absolute Gasteiger partial charge is 0.477 e. The van der Waals surface area contributed by atoms with Gasteiger partial charge in [-0.1, -0.05) is 0 Å². The lowest BCUT2D eigenvalue weighted by Crippen LogP contribution is -2.22. The zero-order valence-electron chi connectivity index (χ0n) is 7.43. The molecular formula is C7H9NO5S. The van der Waals surface area contributed by atoms with Crippen molar-refractivity contribution < 1.29 is 23.1 Å². The molecule has 1 aliphatic heterocycles. The first kappa shape index (κ1) is 10.9. The van der Waals surface area contributed by atoms with Gasteiger partial charge in [0.1, 0.15) is 6.61 Å². The van der Waals surface area contributed by atoms with Crippen LogP contribution in [0.4, 0.5) is 0 Å². The molecule has 0 spiro atoms. The SMILES string of the molecule is CCOCC1=NC=C(C(=O)O)S1(=O)=O. The Morgan fingerprint density at radius 3 is 2.71 bits per heavy atom. The van der Waals surface area contributed by atoms with E-state index in [1.54, 1.807) is 6.92 Å². The van der Waals surface area contributed by atoms with Crippen molar-refractivity contribution in [3.8, 4) is 0 Å². The quantitative estimate of drug-likeness (QED) is 0.705. The Kier molecular flexibility index (Phi) is 3.02. The van der Waals surface area contributed by atoms with Crippen molar-refractivity contribution in [2.24, 2.45) is 4.99 Å². The molecule has 6 nitrogen and oxygen atoms in total. The summed E-state index contributed by atoms with van der Waals surface area (Å²) in [5.41, 5.74) is 0. The smallest absolute Gasteiger partial charge is 0.349 e. The van der Waals surface area contributed by atoms with Crippen LogP contribution in [0, 0.1) is 0 Å². The lowest BCUT2D eigenvalue weighted by atomic mass is 10.6. The van der Waals surface area contributed by atoms with E-state index in [1.807, 2.05) is 0 Å². The number of ether oxygens (including phenoxy) is 1. The average molecular weight is 219 g/mol. The van der Waals surface area contributed by atoms with Crippen LogP contribution in [0.5, 0.6) is 0 Å². The van der Waals surface area contributed by atoms with Crippen LogP contribution in [-0.2, 0) is 19.4 Å². The number of hydrogen-bond acceptors (Lipinski definition) is 5. The fourth-order valence-corrected chi connectivity index (χ4v) is 1.98. The Balaban J connectivity index is 2.86. The highest BCUT2D eigenvalue weighted by molar-refractivity contribution is 8.10. The van der Waals surface area contributed by atoms with Crippen LogP contribution in [0.25, 0.3) is 0 Å². The second kappa shape index (κ2) is 3.89. The minimum absolute atomic E-state index is 0.188. The molecule has 78 valence electrons. The van der Waals surface area contributed by atoms with E-state index in [4.69, 9.17) is 9.84 Å². The number of carboxylic acid groups (broad SMARTS) is 1. The lowest BCUT2D eigenvalue weighted by molar-refractivity contribution is -0.131. The third kappa shape index (κ3) is 1.83. The van der Waals surface area contributed by atoms with Gasteiger partial charge in [0.25, 0.3) is 0 Å². The summed E-state index contributed by atoms with van der Waals surface area (Å²) in [4.78, 5) is 13.3. The fraction of sp³-hybridized carbons (Fsp3) is 0.429. The molecule has 0 saturated heterocycles. The Labute approximate surface area is 80.8 Å². The van der Waals surface area contributed by atoms with Crippen LogP contribution in [-0.4, -0.2) is 37.8 Å². The zero-order valence-corrected chi connectivity index (χ0v) is 8.24. The summed E-state index contributed by atoms with van der Waals surface area (Å²) in [5, 5.41) is 8.28. The van der Waals surface area contributed by atoms with Gasteiger partial charge in [0.2, 0.25) is 9.84 Å². The molecule has 1 heterocycles. The Bertz CT molecular complexity index is 406. The van der Waals surface area contributed by atoms with Crippen LogP contribution in [0.1, 0.15) is 6.92 Å². The van der Waals surface area contributed by atoms with E-state index < -0.39 is 20.7 Å². The van der Waals surface area contributed by atoms with Gasteiger partial charge in [-0.3, -0.25) is 0 Å². The average Bonchev–Trinajstić information content (AvgIpc) is 2.37. The molecular weight excluding hydrogens is 210 g/mol. The first-order valence-corrected chi connectivity index (χ1v) is 5.31. The van der Waals surface area contributed by atoms with Gasteiger partial charge in [0, 0.05) is 6.61 Å². The molecule has 0 saturated carbocycles. The number of aliphatic imine (C=N–C) groups is 1. The number of rotatable bonds is 4. The minimum Gasteiger partial charge on any atom is -0.477 e. The molecule has 0 aromatic rings. The lowest BCUT2D eigenvalue weighted by Gasteiger charge is -2.01. The maximum atomic E-state index is 11.4. The van der Waals surface area contributed by atoms with Gasteiger partial charge in [-0.2, -0.15) is 0 Å². The fourth-order valence-electron chi connectivity index (χ4n) is 0.871. The second-order valence-electron chi connectivity index (χ2n) is 2.46. The molecule has 0 radical (unpaired) electrons. The highest BCUT2D eigenvalue weighted by Gasteiger charge is 2.34.